The lowest BCUT2D eigenvalue weighted by Gasteiger charge is -2.28. The van der Waals surface area contributed by atoms with Crippen LogP contribution in [0.15, 0.2) is 24.3 Å². The molecule has 2 rings (SSSR count). The minimum absolute atomic E-state index is 0.0520. The molecular formula is C20H32N4O2. The summed E-state index contributed by atoms with van der Waals surface area (Å²) >= 11 is 0. The summed E-state index contributed by atoms with van der Waals surface area (Å²) in [6.07, 6.45) is 3.81. The number of nitrogens with zero attached hydrogens (tertiary/aromatic N) is 3. The second-order valence-corrected chi connectivity index (χ2v) is 6.88. The van der Waals surface area contributed by atoms with E-state index >= 15 is 0 Å². The smallest absolute Gasteiger partial charge is 0.238 e. The molecule has 26 heavy (non-hydrogen) atoms. The first-order chi connectivity index (χ1) is 12.5. The van der Waals surface area contributed by atoms with Crippen LogP contribution >= 0.6 is 0 Å². The van der Waals surface area contributed by atoms with Crippen molar-refractivity contribution in [3.05, 3.63) is 24.3 Å². The summed E-state index contributed by atoms with van der Waals surface area (Å²) in [5.74, 6) is -0.0539. The molecule has 1 heterocycles. The highest BCUT2D eigenvalue weighted by atomic mass is 16.2. The summed E-state index contributed by atoms with van der Waals surface area (Å²) in [5, 5.41) is 2.91. The quantitative estimate of drug-likeness (QED) is 0.774. The van der Waals surface area contributed by atoms with Crippen molar-refractivity contribution >= 4 is 23.2 Å². The summed E-state index contributed by atoms with van der Waals surface area (Å²) in [6.45, 7) is 7.97. The maximum absolute atomic E-state index is 12.2. The molecule has 144 valence electrons. The summed E-state index contributed by atoms with van der Waals surface area (Å²) in [5.41, 5.74) is 2.00. The Balaban J connectivity index is 1.80. The second-order valence-electron chi connectivity index (χ2n) is 6.88. The monoisotopic (exact) mass is 360 g/mol. The van der Waals surface area contributed by atoms with Crippen LogP contribution in [0.5, 0.6) is 0 Å². The van der Waals surface area contributed by atoms with E-state index in [1.807, 2.05) is 26.0 Å². The van der Waals surface area contributed by atoms with E-state index in [9.17, 15) is 9.59 Å². The third-order valence-electron chi connectivity index (χ3n) is 4.81. The predicted octanol–water partition coefficient (Wildman–Crippen LogP) is 2.42. The number of carbonyl (C=O) groups excluding carboxylic acids is 2. The van der Waals surface area contributed by atoms with Crippen LogP contribution in [0.4, 0.5) is 11.4 Å². The second kappa shape index (κ2) is 10.2. The molecule has 6 heteroatoms. The predicted molar refractivity (Wildman–Crippen MR) is 107 cm³/mol. The Bertz CT molecular complexity index is 578. The molecular weight excluding hydrogens is 328 g/mol. The van der Waals surface area contributed by atoms with E-state index in [2.05, 4.69) is 22.3 Å². The highest BCUT2D eigenvalue weighted by molar-refractivity contribution is 5.92. The van der Waals surface area contributed by atoms with Gasteiger partial charge in [-0.25, -0.2) is 0 Å². The number of rotatable bonds is 8. The molecule has 0 atom stereocenters. The van der Waals surface area contributed by atoms with Crippen molar-refractivity contribution in [2.45, 2.75) is 33.1 Å². The van der Waals surface area contributed by atoms with Crippen LogP contribution in [0, 0.1) is 0 Å². The average Bonchev–Trinajstić information content (AvgIpc) is 2.63. The normalized spacial score (nSPS) is 14.4. The van der Waals surface area contributed by atoms with Gasteiger partial charge in [0.2, 0.25) is 11.8 Å². The van der Waals surface area contributed by atoms with Gasteiger partial charge in [-0.1, -0.05) is 0 Å². The zero-order valence-corrected chi connectivity index (χ0v) is 16.3. The number of hydrogen-bond acceptors (Lipinski definition) is 4. The van der Waals surface area contributed by atoms with Crippen LogP contribution in [-0.2, 0) is 9.59 Å². The molecule has 1 aliphatic heterocycles. The van der Waals surface area contributed by atoms with Crippen LogP contribution < -0.4 is 10.2 Å². The fourth-order valence-electron chi connectivity index (χ4n) is 3.32. The highest BCUT2D eigenvalue weighted by Crippen LogP contribution is 2.21. The fraction of sp³-hybridized carbons (Fsp3) is 0.600. The topological polar surface area (TPSA) is 55.9 Å². The van der Waals surface area contributed by atoms with Crippen molar-refractivity contribution in [1.82, 2.24) is 9.80 Å². The lowest BCUT2D eigenvalue weighted by molar-refractivity contribution is -0.132. The van der Waals surface area contributed by atoms with Crippen molar-refractivity contribution in [2.24, 2.45) is 0 Å². The average molecular weight is 361 g/mol. The van der Waals surface area contributed by atoms with E-state index in [0.717, 1.165) is 18.8 Å². The van der Waals surface area contributed by atoms with Gasteiger partial charge in [-0.05, 0) is 64.4 Å². The van der Waals surface area contributed by atoms with E-state index in [-0.39, 0.29) is 24.9 Å². The number of hydrogen-bond donors (Lipinski definition) is 1. The zero-order chi connectivity index (χ0) is 18.9. The zero-order valence-electron chi connectivity index (χ0n) is 16.3. The van der Waals surface area contributed by atoms with Crippen LogP contribution in [0.25, 0.3) is 0 Å². The Kier molecular flexibility index (Phi) is 7.91. The number of anilines is 2. The lowest BCUT2D eigenvalue weighted by atomic mass is 10.1. The molecule has 1 N–H and O–H groups in total. The summed E-state index contributed by atoms with van der Waals surface area (Å²) in [7, 11) is 1.79. The minimum atomic E-state index is -0.106. The van der Waals surface area contributed by atoms with Crippen molar-refractivity contribution in [1.29, 1.82) is 0 Å². The summed E-state index contributed by atoms with van der Waals surface area (Å²) in [6, 6.07) is 8.02. The largest absolute Gasteiger partial charge is 0.372 e. The number of piperidine rings is 1. The molecule has 6 nitrogen and oxygen atoms in total. The molecule has 0 saturated carbocycles. The lowest BCUT2D eigenvalue weighted by Crippen LogP contribution is -2.41. The van der Waals surface area contributed by atoms with Gasteiger partial charge in [0.25, 0.3) is 0 Å². The fourth-order valence-corrected chi connectivity index (χ4v) is 3.32. The maximum atomic E-state index is 12.2. The Hall–Kier alpha value is -2.08. The van der Waals surface area contributed by atoms with Gasteiger partial charge >= 0.3 is 0 Å². The standard InChI is InChI=1S/C20H32N4O2/c1-4-23(5-2)20(26)16-22(3)15-19(25)21-17-9-11-18(12-10-17)24-13-7-6-8-14-24/h9-12H,4-8,13-16H2,1-3H3,(H,21,25). The Morgan fingerprint density at radius 2 is 1.62 bits per heavy atom. The molecule has 1 aromatic carbocycles. The van der Waals surface area contributed by atoms with Crippen molar-refractivity contribution in [3.8, 4) is 0 Å². The minimum Gasteiger partial charge on any atom is -0.372 e. The van der Waals surface area contributed by atoms with Gasteiger partial charge in [0.1, 0.15) is 0 Å². The SMILES string of the molecule is CCN(CC)C(=O)CN(C)CC(=O)Nc1ccc(N2CCCCC2)cc1. The van der Waals surface area contributed by atoms with E-state index in [4.69, 9.17) is 0 Å². The van der Waals surface area contributed by atoms with Gasteiger partial charge < -0.3 is 15.1 Å². The molecule has 1 saturated heterocycles. The van der Waals surface area contributed by atoms with Crippen molar-refractivity contribution in [2.75, 3.05) is 56.5 Å². The van der Waals surface area contributed by atoms with Gasteiger partial charge in [0, 0.05) is 37.6 Å². The Morgan fingerprint density at radius 1 is 1.00 bits per heavy atom. The molecule has 0 unspecified atom stereocenters. The molecule has 0 bridgehead atoms. The summed E-state index contributed by atoms with van der Waals surface area (Å²) in [4.78, 5) is 30.2. The third kappa shape index (κ3) is 6.02. The molecule has 0 spiro atoms. The molecule has 1 aliphatic rings. The van der Waals surface area contributed by atoms with E-state index < -0.39 is 0 Å². The van der Waals surface area contributed by atoms with Crippen molar-refractivity contribution in [3.63, 3.8) is 0 Å². The number of likely N-dealkylation sites (N-methyl/N-ethyl adjacent to an activating group) is 2. The van der Waals surface area contributed by atoms with Gasteiger partial charge in [0.05, 0.1) is 13.1 Å². The van der Waals surface area contributed by atoms with E-state index in [1.54, 1.807) is 16.8 Å². The highest BCUT2D eigenvalue weighted by Gasteiger charge is 2.15. The number of carbonyl (C=O) groups is 2. The Labute approximate surface area is 157 Å². The number of nitrogens with one attached hydrogen (secondary N) is 1. The van der Waals surface area contributed by atoms with Crippen LogP contribution in [0.2, 0.25) is 0 Å². The molecule has 1 aromatic rings. The number of benzene rings is 1. The number of amides is 2. The van der Waals surface area contributed by atoms with Crippen LogP contribution in [0.1, 0.15) is 33.1 Å². The first kappa shape index (κ1) is 20.2. The Morgan fingerprint density at radius 3 is 2.19 bits per heavy atom. The maximum Gasteiger partial charge on any atom is 0.238 e. The van der Waals surface area contributed by atoms with Crippen molar-refractivity contribution < 1.29 is 9.59 Å². The van der Waals surface area contributed by atoms with Gasteiger partial charge in [0.15, 0.2) is 0 Å². The molecule has 2 amide bonds. The first-order valence-electron chi connectivity index (χ1n) is 9.64. The van der Waals surface area contributed by atoms with Gasteiger partial charge in [-0.2, -0.15) is 0 Å². The first-order valence-corrected chi connectivity index (χ1v) is 9.64. The molecule has 1 fully saturated rings. The van der Waals surface area contributed by atoms with E-state index in [1.165, 1.54) is 24.9 Å². The summed E-state index contributed by atoms with van der Waals surface area (Å²) < 4.78 is 0. The molecule has 0 aromatic heterocycles. The van der Waals surface area contributed by atoms with Gasteiger partial charge in [-0.15, -0.1) is 0 Å². The van der Waals surface area contributed by atoms with Gasteiger partial charge in [-0.3, -0.25) is 14.5 Å². The molecule has 0 aliphatic carbocycles. The van der Waals surface area contributed by atoms with Crippen LogP contribution in [0.3, 0.4) is 0 Å². The molecule has 0 radical (unpaired) electrons. The van der Waals surface area contributed by atoms with Crippen LogP contribution in [-0.4, -0.2) is 67.9 Å². The van der Waals surface area contributed by atoms with E-state index in [0.29, 0.717) is 13.1 Å². The third-order valence-corrected chi connectivity index (χ3v) is 4.81.